The lowest BCUT2D eigenvalue weighted by atomic mass is 10.3. The van der Waals surface area contributed by atoms with E-state index in [-0.39, 0.29) is 10.9 Å². The van der Waals surface area contributed by atoms with Gasteiger partial charge in [-0.3, -0.25) is 4.79 Å². The highest BCUT2D eigenvalue weighted by atomic mass is 32.2. The fraction of sp³-hybridized carbons (Fsp3) is 0.118. The van der Waals surface area contributed by atoms with Crippen LogP contribution in [0.2, 0.25) is 0 Å². The topological polar surface area (TPSA) is 82.1 Å². The SMILES string of the molecule is CC(Sc1c([O-])on[n+]1-c1ccccc1)C(=O)Nc1ccccc1. The number of hydrogen-bond donors (Lipinski definition) is 1. The molecule has 0 bridgehead atoms. The predicted molar refractivity (Wildman–Crippen MR) is 87.9 cm³/mol. The number of nitrogens with one attached hydrogen (secondary N) is 1. The Morgan fingerprint density at radius 3 is 2.46 bits per heavy atom. The number of aromatic nitrogens is 2. The average Bonchev–Trinajstić information content (AvgIpc) is 2.97. The highest BCUT2D eigenvalue weighted by molar-refractivity contribution is 8.00. The number of anilines is 1. The standard InChI is InChI=1S/C17H15N3O3S/c1-12(15(21)18-13-8-4-2-5-9-13)24-16-17(22)23-19-20(16)14-10-6-3-7-11-14/h2-12H,1H3,(H-,18,19,21,22). The molecule has 3 aromatic rings. The number of carbonyl (C=O) groups is 1. The normalized spacial score (nSPS) is 11.9. The number of nitrogens with zero attached hydrogens (tertiary/aromatic N) is 2. The molecule has 3 rings (SSSR count). The van der Waals surface area contributed by atoms with Crippen molar-refractivity contribution in [2.75, 3.05) is 5.32 Å². The number of rotatable bonds is 5. The second-order valence-corrected chi connectivity index (χ2v) is 6.36. The maximum absolute atomic E-state index is 12.3. The third kappa shape index (κ3) is 3.57. The van der Waals surface area contributed by atoms with E-state index in [1.165, 1.54) is 4.68 Å². The Kier molecular flexibility index (Phi) is 4.81. The molecule has 1 atom stereocenters. The summed E-state index contributed by atoms with van der Waals surface area (Å²) in [5.74, 6) is -0.769. The summed E-state index contributed by atoms with van der Waals surface area (Å²) in [7, 11) is 0. The van der Waals surface area contributed by atoms with Crippen LogP contribution in [0.5, 0.6) is 5.95 Å². The zero-order valence-corrected chi connectivity index (χ0v) is 13.7. The first-order valence-electron chi connectivity index (χ1n) is 7.32. The molecule has 0 fully saturated rings. The zero-order chi connectivity index (χ0) is 16.9. The van der Waals surface area contributed by atoms with E-state index in [9.17, 15) is 9.90 Å². The highest BCUT2D eigenvalue weighted by Gasteiger charge is 2.26. The molecule has 7 heteroatoms. The average molecular weight is 341 g/mol. The maximum Gasteiger partial charge on any atom is 0.298 e. The second kappa shape index (κ2) is 7.18. The van der Waals surface area contributed by atoms with E-state index in [0.717, 1.165) is 11.8 Å². The van der Waals surface area contributed by atoms with Crippen molar-refractivity contribution in [1.82, 2.24) is 5.27 Å². The van der Waals surface area contributed by atoms with Crippen LogP contribution in [0, 0.1) is 0 Å². The molecule has 1 aromatic heterocycles. The smallest absolute Gasteiger partial charge is 0.298 e. The molecule has 1 heterocycles. The first kappa shape index (κ1) is 16.1. The molecule has 122 valence electrons. The van der Waals surface area contributed by atoms with E-state index in [1.807, 2.05) is 36.4 Å². The van der Waals surface area contributed by atoms with E-state index >= 15 is 0 Å². The van der Waals surface area contributed by atoms with Crippen LogP contribution in [-0.4, -0.2) is 16.4 Å². The van der Waals surface area contributed by atoms with Crippen LogP contribution < -0.4 is 15.1 Å². The minimum absolute atomic E-state index is 0.202. The highest BCUT2D eigenvalue weighted by Crippen LogP contribution is 2.27. The molecule has 1 unspecified atom stereocenters. The van der Waals surface area contributed by atoms with Crippen molar-refractivity contribution in [3.63, 3.8) is 0 Å². The number of para-hydroxylation sites is 2. The first-order valence-corrected chi connectivity index (χ1v) is 8.20. The van der Waals surface area contributed by atoms with Gasteiger partial charge in [0.25, 0.3) is 5.03 Å². The monoisotopic (exact) mass is 341 g/mol. The summed E-state index contributed by atoms with van der Waals surface area (Å²) in [5.41, 5.74) is 1.40. The van der Waals surface area contributed by atoms with Crippen molar-refractivity contribution in [2.45, 2.75) is 17.2 Å². The van der Waals surface area contributed by atoms with Gasteiger partial charge in [0.1, 0.15) is 0 Å². The lowest BCUT2D eigenvalue weighted by molar-refractivity contribution is -0.705. The van der Waals surface area contributed by atoms with Crippen LogP contribution in [0.1, 0.15) is 6.92 Å². The maximum atomic E-state index is 12.3. The Hall–Kier alpha value is -2.80. The molecule has 1 amide bonds. The molecule has 0 aliphatic heterocycles. The van der Waals surface area contributed by atoms with Gasteiger partial charge in [0, 0.05) is 17.8 Å². The molecule has 0 aliphatic rings. The largest absolute Gasteiger partial charge is 0.538 e. The van der Waals surface area contributed by atoms with Crippen LogP contribution in [0.25, 0.3) is 5.69 Å². The lowest BCUT2D eigenvalue weighted by Crippen LogP contribution is -2.36. The first-order chi connectivity index (χ1) is 11.6. The molecule has 2 aromatic carbocycles. The Bertz CT molecular complexity index is 822. The van der Waals surface area contributed by atoms with Gasteiger partial charge >= 0.3 is 0 Å². The Morgan fingerprint density at radius 2 is 1.79 bits per heavy atom. The lowest BCUT2D eigenvalue weighted by Gasteiger charge is -2.10. The van der Waals surface area contributed by atoms with Gasteiger partial charge < -0.3 is 14.9 Å². The minimum atomic E-state index is -0.566. The fourth-order valence-corrected chi connectivity index (χ4v) is 2.93. The van der Waals surface area contributed by atoms with E-state index in [1.54, 1.807) is 31.2 Å². The summed E-state index contributed by atoms with van der Waals surface area (Å²) in [6.07, 6.45) is 0. The van der Waals surface area contributed by atoms with Crippen LogP contribution >= 0.6 is 11.8 Å². The molecule has 24 heavy (non-hydrogen) atoms. The number of hydrogen-bond acceptors (Lipinski definition) is 5. The molecule has 0 spiro atoms. The Morgan fingerprint density at radius 1 is 1.17 bits per heavy atom. The predicted octanol–water partition coefficient (Wildman–Crippen LogP) is 2.14. The number of amides is 1. The van der Waals surface area contributed by atoms with Crippen molar-refractivity contribution < 1.29 is 19.1 Å². The van der Waals surface area contributed by atoms with Crippen LogP contribution in [0.4, 0.5) is 5.69 Å². The molecular formula is C17H15N3O3S. The number of carbonyl (C=O) groups excluding carboxylic acids is 1. The molecular weight excluding hydrogens is 326 g/mol. The summed E-state index contributed by atoms with van der Waals surface area (Å²) < 4.78 is 6.16. The number of thioether (sulfide) groups is 1. The zero-order valence-electron chi connectivity index (χ0n) is 12.9. The van der Waals surface area contributed by atoms with Crippen LogP contribution in [-0.2, 0) is 4.79 Å². The third-order valence-corrected chi connectivity index (χ3v) is 4.40. The van der Waals surface area contributed by atoms with Gasteiger partial charge in [-0.05, 0) is 35.5 Å². The molecule has 0 saturated carbocycles. The summed E-state index contributed by atoms with van der Waals surface area (Å²) in [4.78, 5) is 12.3. The van der Waals surface area contributed by atoms with Crippen molar-refractivity contribution in [2.24, 2.45) is 0 Å². The fourth-order valence-electron chi connectivity index (χ4n) is 2.06. The molecule has 0 saturated heterocycles. The summed E-state index contributed by atoms with van der Waals surface area (Å²) in [6.45, 7) is 1.73. The van der Waals surface area contributed by atoms with E-state index in [0.29, 0.717) is 11.4 Å². The van der Waals surface area contributed by atoms with Gasteiger partial charge in [-0.25, -0.2) is 0 Å². The van der Waals surface area contributed by atoms with Gasteiger partial charge in [-0.15, -0.1) is 0 Å². The molecule has 0 radical (unpaired) electrons. The molecule has 6 nitrogen and oxygen atoms in total. The van der Waals surface area contributed by atoms with Crippen molar-refractivity contribution >= 4 is 23.4 Å². The van der Waals surface area contributed by atoms with E-state index in [2.05, 4.69) is 10.6 Å². The van der Waals surface area contributed by atoms with Gasteiger partial charge in [0.05, 0.1) is 10.5 Å². The van der Waals surface area contributed by atoms with E-state index in [4.69, 9.17) is 4.52 Å². The summed E-state index contributed by atoms with van der Waals surface area (Å²) in [6, 6.07) is 18.3. The van der Waals surface area contributed by atoms with Crippen molar-refractivity contribution in [3.05, 3.63) is 60.7 Å². The van der Waals surface area contributed by atoms with Crippen LogP contribution in [0.3, 0.4) is 0 Å². The summed E-state index contributed by atoms with van der Waals surface area (Å²) >= 11 is 1.11. The second-order valence-electron chi connectivity index (χ2n) is 5.03. The van der Waals surface area contributed by atoms with Gasteiger partial charge in [0.15, 0.2) is 5.95 Å². The number of benzene rings is 2. The molecule has 1 N–H and O–H groups in total. The van der Waals surface area contributed by atoms with Crippen LogP contribution in [0.15, 0.2) is 70.2 Å². The Labute approximate surface area is 143 Å². The quantitative estimate of drug-likeness (QED) is 0.568. The van der Waals surface area contributed by atoms with Crippen molar-refractivity contribution in [3.8, 4) is 11.6 Å². The van der Waals surface area contributed by atoms with Crippen molar-refractivity contribution in [1.29, 1.82) is 0 Å². The van der Waals surface area contributed by atoms with Gasteiger partial charge in [-0.1, -0.05) is 36.4 Å². The summed E-state index contributed by atoms with van der Waals surface area (Å²) in [5, 5.41) is 18.3. The molecule has 0 aliphatic carbocycles. The Balaban J connectivity index is 1.76. The third-order valence-electron chi connectivity index (χ3n) is 3.27. The minimum Gasteiger partial charge on any atom is -0.538 e. The van der Waals surface area contributed by atoms with E-state index < -0.39 is 11.2 Å². The van der Waals surface area contributed by atoms with Gasteiger partial charge in [-0.2, -0.15) is 0 Å². The van der Waals surface area contributed by atoms with Gasteiger partial charge in [0.2, 0.25) is 11.6 Å².